The van der Waals surface area contributed by atoms with Gasteiger partial charge in [-0.3, -0.25) is 4.79 Å². The first-order valence-electron chi connectivity index (χ1n) is 6.91. The van der Waals surface area contributed by atoms with Crippen LogP contribution < -0.4 is 5.32 Å². The fraction of sp³-hybridized carbons (Fsp3) is 0.833. The van der Waals surface area contributed by atoms with E-state index in [0.717, 1.165) is 31.6 Å². The molecule has 1 aromatic heterocycles. The lowest BCUT2D eigenvalue weighted by Gasteiger charge is -2.41. The van der Waals surface area contributed by atoms with Gasteiger partial charge >= 0.3 is 5.97 Å². The third-order valence-electron chi connectivity index (χ3n) is 4.57. The molecule has 2 heterocycles. The molecule has 3 rings (SSSR count). The molecule has 4 atom stereocenters. The average molecular weight is 265 g/mol. The van der Waals surface area contributed by atoms with Crippen molar-refractivity contribution in [3.63, 3.8) is 0 Å². The standard InChI is InChI=1S/C12H19N5O2/c18-12(19)10-5-9-3-7(1-2-8(9)6-13-10)4-11-14-16-17-15-11/h7-10,13H,1-6H2,(H,18,19)(H,14,15,16,17)/t7?,8-,9-,10+/m1/s1. The van der Waals surface area contributed by atoms with E-state index in [-0.39, 0.29) is 6.04 Å². The molecule has 2 aliphatic rings. The summed E-state index contributed by atoms with van der Waals surface area (Å²) < 4.78 is 0. The molecule has 1 aliphatic heterocycles. The van der Waals surface area contributed by atoms with E-state index in [4.69, 9.17) is 5.11 Å². The Bertz CT molecular complexity index is 435. The van der Waals surface area contributed by atoms with Crippen molar-refractivity contribution in [2.24, 2.45) is 17.8 Å². The zero-order chi connectivity index (χ0) is 13.2. The van der Waals surface area contributed by atoms with Gasteiger partial charge in [-0.05, 0) is 50.0 Å². The maximum atomic E-state index is 11.1. The molecule has 1 saturated heterocycles. The van der Waals surface area contributed by atoms with Crippen molar-refractivity contribution in [1.29, 1.82) is 0 Å². The fourth-order valence-corrected chi connectivity index (χ4v) is 3.56. The summed E-state index contributed by atoms with van der Waals surface area (Å²) in [5.41, 5.74) is 0. The van der Waals surface area contributed by atoms with Gasteiger partial charge in [-0.2, -0.15) is 5.21 Å². The minimum Gasteiger partial charge on any atom is -0.480 e. The number of carbonyl (C=O) groups is 1. The number of piperidine rings is 1. The van der Waals surface area contributed by atoms with Gasteiger partial charge < -0.3 is 10.4 Å². The summed E-state index contributed by atoms with van der Waals surface area (Å²) in [5, 5.41) is 26.3. The van der Waals surface area contributed by atoms with E-state index in [1.165, 1.54) is 12.8 Å². The van der Waals surface area contributed by atoms with Crippen LogP contribution in [-0.4, -0.2) is 44.3 Å². The van der Waals surface area contributed by atoms with Crippen LogP contribution in [0.5, 0.6) is 0 Å². The maximum absolute atomic E-state index is 11.1. The maximum Gasteiger partial charge on any atom is 0.320 e. The van der Waals surface area contributed by atoms with Gasteiger partial charge in [0.2, 0.25) is 0 Å². The Labute approximate surface area is 111 Å². The van der Waals surface area contributed by atoms with E-state index in [9.17, 15) is 4.79 Å². The van der Waals surface area contributed by atoms with E-state index < -0.39 is 5.97 Å². The lowest BCUT2D eigenvalue weighted by molar-refractivity contribution is -0.141. The Kier molecular flexibility index (Phi) is 3.46. The third-order valence-corrected chi connectivity index (χ3v) is 4.57. The molecule has 0 amide bonds. The topological polar surface area (TPSA) is 104 Å². The van der Waals surface area contributed by atoms with Gasteiger partial charge in [-0.1, -0.05) is 5.21 Å². The molecule has 1 unspecified atom stereocenters. The molecule has 2 fully saturated rings. The lowest BCUT2D eigenvalue weighted by atomic mass is 9.69. The Hall–Kier alpha value is -1.50. The average Bonchev–Trinajstić information content (AvgIpc) is 2.90. The van der Waals surface area contributed by atoms with Gasteiger partial charge in [0.05, 0.1) is 0 Å². The number of hydrogen-bond acceptors (Lipinski definition) is 5. The molecule has 1 saturated carbocycles. The minimum absolute atomic E-state index is 0.370. The number of nitrogens with one attached hydrogen (secondary N) is 2. The molecular formula is C12H19N5O2. The monoisotopic (exact) mass is 265 g/mol. The summed E-state index contributed by atoms with van der Waals surface area (Å²) in [5.74, 6) is 1.77. The summed E-state index contributed by atoms with van der Waals surface area (Å²) in [6, 6.07) is -0.370. The molecule has 0 aromatic carbocycles. The minimum atomic E-state index is -0.723. The summed E-state index contributed by atoms with van der Waals surface area (Å²) in [7, 11) is 0. The molecule has 7 nitrogen and oxygen atoms in total. The zero-order valence-corrected chi connectivity index (χ0v) is 10.7. The van der Waals surface area contributed by atoms with Crippen LogP contribution >= 0.6 is 0 Å². The van der Waals surface area contributed by atoms with Crippen LogP contribution in [0.15, 0.2) is 0 Å². The van der Waals surface area contributed by atoms with E-state index in [0.29, 0.717) is 17.8 Å². The molecular weight excluding hydrogens is 246 g/mol. The van der Waals surface area contributed by atoms with Gasteiger partial charge in [0.1, 0.15) is 6.04 Å². The molecule has 104 valence electrons. The molecule has 1 aromatic rings. The Morgan fingerprint density at radius 2 is 2.21 bits per heavy atom. The number of rotatable bonds is 3. The van der Waals surface area contributed by atoms with E-state index >= 15 is 0 Å². The largest absolute Gasteiger partial charge is 0.480 e. The fourth-order valence-electron chi connectivity index (χ4n) is 3.56. The summed E-state index contributed by atoms with van der Waals surface area (Å²) in [4.78, 5) is 11.1. The number of aromatic nitrogens is 4. The van der Waals surface area contributed by atoms with Crippen LogP contribution in [-0.2, 0) is 11.2 Å². The van der Waals surface area contributed by atoms with Crippen LogP contribution in [0, 0.1) is 17.8 Å². The normalized spacial score (nSPS) is 34.7. The smallest absolute Gasteiger partial charge is 0.320 e. The zero-order valence-electron chi connectivity index (χ0n) is 10.7. The van der Waals surface area contributed by atoms with Crippen molar-refractivity contribution in [2.45, 2.75) is 38.1 Å². The van der Waals surface area contributed by atoms with Gasteiger partial charge in [0.25, 0.3) is 0 Å². The second kappa shape index (κ2) is 5.24. The Balaban J connectivity index is 1.59. The van der Waals surface area contributed by atoms with Crippen molar-refractivity contribution in [3.8, 4) is 0 Å². The van der Waals surface area contributed by atoms with Crippen molar-refractivity contribution in [3.05, 3.63) is 5.82 Å². The summed E-state index contributed by atoms with van der Waals surface area (Å²) in [6.45, 7) is 0.844. The second-order valence-corrected chi connectivity index (χ2v) is 5.77. The van der Waals surface area contributed by atoms with Crippen molar-refractivity contribution < 1.29 is 9.90 Å². The number of tetrazole rings is 1. The summed E-state index contributed by atoms with van der Waals surface area (Å²) in [6.07, 6.45) is 5.04. The molecule has 0 radical (unpaired) electrons. The highest BCUT2D eigenvalue weighted by Crippen LogP contribution is 2.39. The molecule has 0 bridgehead atoms. The van der Waals surface area contributed by atoms with E-state index in [1.807, 2.05) is 0 Å². The van der Waals surface area contributed by atoms with Crippen molar-refractivity contribution in [2.75, 3.05) is 6.54 Å². The van der Waals surface area contributed by atoms with E-state index in [2.05, 4.69) is 25.9 Å². The van der Waals surface area contributed by atoms with Crippen LogP contribution in [0.1, 0.15) is 31.5 Å². The number of aromatic amines is 1. The highest BCUT2D eigenvalue weighted by molar-refractivity contribution is 5.73. The SMILES string of the molecule is O=C(O)[C@@H]1C[C@H]2CC(Cc3nn[nH]n3)CC[C@@H]2CN1. The molecule has 3 N–H and O–H groups in total. The number of carboxylic acids is 1. The summed E-state index contributed by atoms with van der Waals surface area (Å²) >= 11 is 0. The number of nitrogens with zero attached hydrogens (tertiary/aromatic N) is 3. The number of hydrogen-bond donors (Lipinski definition) is 3. The molecule has 1 aliphatic carbocycles. The van der Waals surface area contributed by atoms with Gasteiger partial charge in [-0.15, -0.1) is 10.2 Å². The van der Waals surface area contributed by atoms with Crippen LogP contribution in [0.2, 0.25) is 0 Å². The molecule has 0 spiro atoms. The van der Waals surface area contributed by atoms with Gasteiger partial charge in [0, 0.05) is 6.42 Å². The first kappa shape index (κ1) is 12.5. The second-order valence-electron chi connectivity index (χ2n) is 5.77. The van der Waals surface area contributed by atoms with Crippen LogP contribution in [0.25, 0.3) is 0 Å². The molecule has 7 heteroatoms. The highest BCUT2D eigenvalue weighted by Gasteiger charge is 2.37. The third kappa shape index (κ3) is 2.75. The quantitative estimate of drug-likeness (QED) is 0.722. The first-order chi connectivity index (χ1) is 9.22. The predicted octanol–water partition coefficient (Wildman–Crippen LogP) is 0.221. The Morgan fingerprint density at radius 1 is 1.32 bits per heavy atom. The van der Waals surface area contributed by atoms with Crippen molar-refractivity contribution >= 4 is 5.97 Å². The van der Waals surface area contributed by atoms with E-state index in [1.54, 1.807) is 0 Å². The molecule has 19 heavy (non-hydrogen) atoms. The first-order valence-corrected chi connectivity index (χ1v) is 6.91. The number of aliphatic carboxylic acids is 1. The Morgan fingerprint density at radius 3 is 2.95 bits per heavy atom. The predicted molar refractivity (Wildman–Crippen MR) is 66.2 cm³/mol. The van der Waals surface area contributed by atoms with Crippen LogP contribution in [0.3, 0.4) is 0 Å². The van der Waals surface area contributed by atoms with Crippen molar-refractivity contribution in [1.82, 2.24) is 25.9 Å². The number of fused-ring (bicyclic) bond motifs is 1. The van der Waals surface area contributed by atoms with Gasteiger partial charge in [0.15, 0.2) is 5.82 Å². The highest BCUT2D eigenvalue weighted by atomic mass is 16.4. The number of H-pyrrole nitrogens is 1. The van der Waals surface area contributed by atoms with Crippen LogP contribution in [0.4, 0.5) is 0 Å². The van der Waals surface area contributed by atoms with Gasteiger partial charge in [-0.25, -0.2) is 0 Å². The lowest BCUT2D eigenvalue weighted by Crippen LogP contribution is -2.49. The number of carboxylic acid groups (broad SMARTS) is 1.